The molecule has 2 saturated heterocycles. The zero-order valence-corrected chi connectivity index (χ0v) is 8.49. The highest BCUT2D eigenvalue weighted by atomic mass is 16.8. The molecule has 0 aromatic rings. The van der Waals surface area contributed by atoms with E-state index in [2.05, 4.69) is 5.32 Å². The van der Waals surface area contributed by atoms with Crippen molar-refractivity contribution in [2.45, 2.75) is 37.4 Å². The van der Waals surface area contributed by atoms with Crippen LogP contribution in [-0.4, -0.2) is 53.5 Å². The highest BCUT2D eigenvalue weighted by Crippen LogP contribution is 2.35. The zero-order valence-electron chi connectivity index (χ0n) is 8.49. The number of hydrogen-bond donors (Lipinski definition) is 3. The number of aliphatic hydroxyl groups excluding tert-OH is 1. The molecule has 3 N–H and O–H groups in total. The second-order valence-electron chi connectivity index (χ2n) is 4.49. The number of aliphatic hydroxyl groups is 2. The lowest BCUT2D eigenvalue weighted by Crippen LogP contribution is -2.63. The van der Waals surface area contributed by atoms with E-state index in [9.17, 15) is 5.11 Å². The first-order chi connectivity index (χ1) is 6.47. The molecule has 82 valence electrons. The SMILES string of the molecule is CC1(C)O[C@H]2CNC[C@](O)(CO)[C@@H]2O1. The van der Waals surface area contributed by atoms with E-state index in [0.29, 0.717) is 13.1 Å². The predicted molar refractivity (Wildman–Crippen MR) is 48.7 cm³/mol. The van der Waals surface area contributed by atoms with Gasteiger partial charge in [0.1, 0.15) is 17.8 Å². The molecule has 2 aliphatic heterocycles. The van der Waals surface area contributed by atoms with Crippen LogP contribution in [0.1, 0.15) is 13.8 Å². The minimum Gasteiger partial charge on any atom is -0.393 e. The Morgan fingerprint density at radius 2 is 2.14 bits per heavy atom. The zero-order chi connectivity index (χ0) is 10.4. The number of ether oxygens (including phenoxy) is 2. The topological polar surface area (TPSA) is 71.0 Å². The van der Waals surface area contributed by atoms with Crippen molar-refractivity contribution in [3.8, 4) is 0 Å². The molecule has 0 unspecified atom stereocenters. The normalized spacial score (nSPS) is 46.3. The molecule has 3 atom stereocenters. The van der Waals surface area contributed by atoms with Crippen LogP contribution in [0, 0.1) is 0 Å². The van der Waals surface area contributed by atoms with E-state index < -0.39 is 17.5 Å². The summed E-state index contributed by atoms with van der Waals surface area (Å²) in [5.41, 5.74) is -1.23. The van der Waals surface area contributed by atoms with Crippen LogP contribution in [0.25, 0.3) is 0 Å². The summed E-state index contributed by atoms with van der Waals surface area (Å²) in [6, 6.07) is 0. The molecule has 0 aromatic carbocycles. The lowest BCUT2D eigenvalue weighted by atomic mass is 9.90. The van der Waals surface area contributed by atoms with Crippen LogP contribution in [0.2, 0.25) is 0 Å². The van der Waals surface area contributed by atoms with Crippen molar-refractivity contribution in [3.63, 3.8) is 0 Å². The Balaban J connectivity index is 2.18. The highest BCUT2D eigenvalue weighted by Gasteiger charge is 2.53. The Labute approximate surface area is 83.0 Å². The van der Waals surface area contributed by atoms with Gasteiger partial charge in [-0.15, -0.1) is 0 Å². The third-order valence-electron chi connectivity index (χ3n) is 2.76. The first-order valence-electron chi connectivity index (χ1n) is 4.86. The van der Waals surface area contributed by atoms with Gasteiger partial charge >= 0.3 is 0 Å². The molecule has 2 heterocycles. The summed E-state index contributed by atoms with van der Waals surface area (Å²) in [6.45, 7) is 4.29. The minimum atomic E-state index is -1.23. The number of β-amino-alcohol motifs (C(OH)–C–C–N with tert-alkyl or cyclic N) is 1. The third kappa shape index (κ3) is 1.55. The maximum absolute atomic E-state index is 10.1. The number of rotatable bonds is 1. The van der Waals surface area contributed by atoms with E-state index in [0.717, 1.165) is 0 Å². The molecular weight excluding hydrogens is 186 g/mol. The van der Waals surface area contributed by atoms with Crippen molar-refractivity contribution in [3.05, 3.63) is 0 Å². The predicted octanol–water partition coefficient (Wildman–Crippen LogP) is -1.17. The third-order valence-corrected chi connectivity index (χ3v) is 2.76. The van der Waals surface area contributed by atoms with Crippen molar-refractivity contribution in [1.82, 2.24) is 5.32 Å². The van der Waals surface area contributed by atoms with Gasteiger partial charge in [0.25, 0.3) is 0 Å². The van der Waals surface area contributed by atoms with Crippen molar-refractivity contribution < 1.29 is 19.7 Å². The summed E-state index contributed by atoms with van der Waals surface area (Å²) in [6.07, 6.45) is -0.625. The van der Waals surface area contributed by atoms with Crippen LogP contribution in [0.15, 0.2) is 0 Å². The van der Waals surface area contributed by atoms with Crippen molar-refractivity contribution >= 4 is 0 Å². The number of hydrogen-bond acceptors (Lipinski definition) is 5. The summed E-state index contributed by atoms with van der Waals surface area (Å²) < 4.78 is 11.2. The van der Waals surface area contributed by atoms with Gasteiger partial charge in [-0.05, 0) is 13.8 Å². The van der Waals surface area contributed by atoms with E-state index in [-0.39, 0.29) is 12.7 Å². The Kier molecular flexibility index (Phi) is 2.32. The van der Waals surface area contributed by atoms with Gasteiger partial charge < -0.3 is 25.0 Å². The van der Waals surface area contributed by atoms with Crippen molar-refractivity contribution in [2.75, 3.05) is 19.7 Å². The monoisotopic (exact) mass is 203 g/mol. The van der Waals surface area contributed by atoms with Gasteiger partial charge in [0.05, 0.1) is 6.61 Å². The van der Waals surface area contributed by atoms with Gasteiger partial charge in [-0.3, -0.25) is 0 Å². The summed E-state index contributed by atoms with van der Waals surface area (Å²) in [7, 11) is 0. The maximum Gasteiger partial charge on any atom is 0.163 e. The van der Waals surface area contributed by atoms with Gasteiger partial charge in [-0.25, -0.2) is 0 Å². The largest absolute Gasteiger partial charge is 0.393 e. The summed E-state index contributed by atoms with van der Waals surface area (Å²) >= 11 is 0. The Morgan fingerprint density at radius 1 is 1.43 bits per heavy atom. The highest BCUT2D eigenvalue weighted by molar-refractivity contribution is 5.02. The molecule has 0 aromatic heterocycles. The molecule has 0 spiro atoms. The molecule has 0 bridgehead atoms. The fourth-order valence-electron chi connectivity index (χ4n) is 2.12. The Hall–Kier alpha value is -0.200. The molecule has 5 heteroatoms. The van der Waals surface area contributed by atoms with Crippen LogP contribution >= 0.6 is 0 Å². The van der Waals surface area contributed by atoms with E-state index in [1.807, 2.05) is 13.8 Å². The molecule has 0 amide bonds. The van der Waals surface area contributed by atoms with Crippen LogP contribution in [-0.2, 0) is 9.47 Å². The smallest absolute Gasteiger partial charge is 0.163 e. The van der Waals surface area contributed by atoms with E-state index in [4.69, 9.17) is 14.6 Å². The average molecular weight is 203 g/mol. The molecular formula is C9H17NO4. The van der Waals surface area contributed by atoms with Crippen LogP contribution in [0.4, 0.5) is 0 Å². The summed E-state index contributed by atoms with van der Waals surface area (Å²) in [4.78, 5) is 0. The second kappa shape index (κ2) is 3.15. The first kappa shape index (κ1) is 10.3. The van der Waals surface area contributed by atoms with Gasteiger partial charge in [0, 0.05) is 13.1 Å². The molecule has 5 nitrogen and oxygen atoms in total. The molecule has 2 fully saturated rings. The Morgan fingerprint density at radius 3 is 2.79 bits per heavy atom. The number of piperidine rings is 1. The van der Waals surface area contributed by atoms with E-state index in [1.165, 1.54) is 0 Å². The van der Waals surface area contributed by atoms with E-state index in [1.54, 1.807) is 0 Å². The lowest BCUT2D eigenvalue weighted by molar-refractivity contribution is -0.175. The van der Waals surface area contributed by atoms with Gasteiger partial charge in [0.15, 0.2) is 5.79 Å². The molecule has 0 radical (unpaired) electrons. The molecule has 0 saturated carbocycles. The minimum absolute atomic E-state index is 0.184. The number of nitrogens with one attached hydrogen (secondary N) is 1. The van der Waals surface area contributed by atoms with Gasteiger partial charge in [-0.2, -0.15) is 0 Å². The van der Waals surface area contributed by atoms with Gasteiger partial charge in [-0.1, -0.05) is 0 Å². The van der Waals surface area contributed by atoms with Crippen LogP contribution < -0.4 is 5.32 Å². The lowest BCUT2D eigenvalue weighted by Gasteiger charge is -2.38. The Bertz CT molecular complexity index is 233. The molecule has 2 aliphatic rings. The molecule has 0 aliphatic carbocycles. The summed E-state index contributed by atoms with van der Waals surface area (Å²) in [5, 5.41) is 22.2. The fraction of sp³-hybridized carbons (Fsp3) is 1.00. The molecule has 14 heavy (non-hydrogen) atoms. The van der Waals surface area contributed by atoms with Gasteiger partial charge in [0.2, 0.25) is 0 Å². The van der Waals surface area contributed by atoms with Crippen molar-refractivity contribution in [1.29, 1.82) is 0 Å². The summed E-state index contributed by atoms with van der Waals surface area (Å²) in [5.74, 6) is -0.676. The van der Waals surface area contributed by atoms with Crippen molar-refractivity contribution in [2.24, 2.45) is 0 Å². The standard InChI is InChI=1S/C9H17NO4/c1-8(2)13-6-3-10-4-9(12,5-11)7(6)14-8/h6-7,10-12H,3-5H2,1-2H3/t6-,7+,9-/m0/s1. The second-order valence-corrected chi connectivity index (χ2v) is 4.49. The quantitative estimate of drug-likeness (QED) is 0.501. The van der Waals surface area contributed by atoms with Crippen LogP contribution in [0.3, 0.4) is 0 Å². The number of fused-ring (bicyclic) bond motifs is 1. The fourth-order valence-corrected chi connectivity index (χ4v) is 2.12. The first-order valence-corrected chi connectivity index (χ1v) is 4.86. The average Bonchev–Trinajstić information content (AvgIpc) is 2.42. The van der Waals surface area contributed by atoms with E-state index >= 15 is 0 Å². The van der Waals surface area contributed by atoms with Crippen LogP contribution in [0.5, 0.6) is 0 Å². The molecule has 2 rings (SSSR count). The maximum atomic E-state index is 10.1.